The molecule has 1 aliphatic carbocycles. The zero-order chi connectivity index (χ0) is 16.2. The van der Waals surface area contributed by atoms with Gasteiger partial charge in [0.2, 0.25) is 0 Å². The lowest BCUT2D eigenvalue weighted by Gasteiger charge is -2.19. The van der Waals surface area contributed by atoms with Crippen LogP contribution in [-0.2, 0) is 11.3 Å². The highest BCUT2D eigenvalue weighted by Crippen LogP contribution is 2.16. The number of rotatable bonds is 6. The number of carbonyl (C=O) groups excluding carboxylic acids is 1. The minimum atomic E-state index is -0.375. The van der Waals surface area contributed by atoms with Crippen molar-refractivity contribution < 1.29 is 18.5 Å². The molecule has 0 heterocycles. The third-order valence-corrected chi connectivity index (χ3v) is 4.00. The molecule has 0 aromatic heterocycles. The van der Waals surface area contributed by atoms with Gasteiger partial charge >= 0.3 is 0 Å². The SMILES string of the molecule is O=C(C[NH+](Cc1ccc(F)cc1)C1CC1)Nc1cccc(F)c1. The lowest BCUT2D eigenvalue weighted by Crippen LogP contribution is -3.13. The third-order valence-electron chi connectivity index (χ3n) is 4.00. The van der Waals surface area contributed by atoms with Crippen LogP contribution in [0.1, 0.15) is 18.4 Å². The molecular formula is C18H19F2N2O+. The lowest BCUT2D eigenvalue weighted by molar-refractivity contribution is -0.916. The number of nitrogens with one attached hydrogen (secondary N) is 2. The molecule has 1 aliphatic rings. The standard InChI is InChI=1S/C18H18F2N2O/c19-14-6-4-13(5-7-14)11-22(17-8-9-17)12-18(23)21-16-3-1-2-15(20)10-16/h1-7,10,17H,8-9,11-12H2,(H,21,23)/p+1. The van der Waals surface area contributed by atoms with E-state index in [0.717, 1.165) is 23.3 Å². The van der Waals surface area contributed by atoms with Crippen LogP contribution in [0, 0.1) is 11.6 Å². The third kappa shape index (κ3) is 4.60. The molecule has 120 valence electrons. The molecule has 23 heavy (non-hydrogen) atoms. The van der Waals surface area contributed by atoms with Crippen LogP contribution in [-0.4, -0.2) is 18.5 Å². The molecule has 0 saturated heterocycles. The Morgan fingerprint density at radius 2 is 1.83 bits per heavy atom. The highest BCUT2D eigenvalue weighted by Gasteiger charge is 2.34. The summed E-state index contributed by atoms with van der Waals surface area (Å²) in [7, 11) is 0. The van der Waals surface area contributed by atoms with Crippen LogP contribution < -0.4 is 10.2 Å². The maximum absolute atomic E-state index is 13.2. The summed E-state index contributed by atoms with van der Waals surface area (Å²) < 4.78 is 26.1. The largest absolute Gasteiger partial charge is 0.321 e. The summed E-state index contributed by atoms with van der Waals surface area (Å²) in [5.41, 5.74) is 1.47. The highest BCUT2D eigenvalue weighted by molar-refractivity contribution is 5.91. The molecule has 1 fully saturated rings. The van der Waals surface area contributed by atoms with Gasteiger partial charge in [0.05, 0.1) is 6.04 Å². The van der Waals surface area contributed by atoms with E-state index in [0.29, 0.717) is 24.8 Å². The van der Waals surface area contributed by atoms with Gasteiger partial charge in [0.25, 0.3) is 5.91 Å². The Bertz CT molecular complexity index is 684. The second-order valence-corrected chi connectivity index (χ2v) is 5.97. The summed E-state index contributed by atoms with van der Waals surface area (Å²) in [5.74, 6) is -0.773. The molecule has 0 spiro atoms. The minimum Gasteiger partial charge on any atom is -0.321 e. The van der Waals surface area contributed by atoms with Gasteiger partial charge in [-0.15, -0.1) is 0 Å². The number of carbonyl (C=O) groups is 1. The molecule has 0 aliphatic heterocycles. The van der Waals surface area contributed by atoms with E-state index in [1.54, 1.807) is 24.3 Å². The first-order valence-electron chi connectivity index (χ1n) is 7.74. The first-order valence-corrected chi connectivity index (χ1v) is 7.74. The van der Waals surface area contributed by atoms with Crippen molar-refractivity contribution in [2.75, 3.05) is 11.9 Å². The summed E-state index contributed by atoms with van der Waals surface area (Å²) in [6.07, 6.45) is 2.20. The van der Waals surface area contributed by atoms with Crippen molar-refractivity contribution in [3.8, 4) is 0 Å². The second kappa shape index (κ2) is 6.87. The Morgan fingerprint density at radius 1 is 1.09 bits per heavy atom. The van der Waals surface area contributed by atoms with E-state index in [4.69, 9.17) is 0 Å². The lowest BCUT2D eigenvalue weighted by atomic mass is 10.2. The second-order valence-electron chi connectivity index (χ2n) is 5.97. The van der Waals surface area contributed by atoms with Crippen LogP contribution in [0.15, 0.2) is 48.5 Å². The maximum Gasteiger partial charge on any atom is 0.279 e. The molecular weight excluding hydrogens is 298 g/mol. The van der Waals surface area contributed by atoms with Gasteiger partial charge in [-0.3, -0.25) is 4.79 Å². The number of benzene rings is 2. The summed E-state index contributed by atoms with van der Waals surface area (Å²) in [4.78, 5) is 13.4. The zero-order valence-electron chi connectivity index (χ0n) is 12.7. The Morgan fingerprint density at radius 3 is 2.48 bits per heavy atom. The van der Waals surface area contributed by atoms with Gasteiger partial charge in [0.15, 0.2) is 6.54 Å². The average Bonchev–Trinajstić information content (AvgIpc) is 3.33. The highest BCUT2D eigenvalue weighted by atomic mass is 19.1. The van der Waals surface area contributed by atoms with Crippen molar-refractivity contribution in [2.24, 2.45) is 0 Å². The van der Waals surface area contributed by atoms with Gasteiger partial charge in [-0.1, -0.05) is 18.2 Å². The molecule has 1 atom stereocenters. The van der Waals surface area contributed by atoms with Gasteiger partial charge in [-0.05, 0) is 30.3 Å². The van der Waals surface area contributed by atoms with E-state index in [2.05, 4.69) is 5.32 Å². The molecule has 0 radical (unpaired) electrons. The van der Waals surface area contributed by atoms with Crippen LogP contribution in [0.2, 0.25) is 0 Å². The van der Waals surface area contributed by atoms with Crippen LogP contribution in [0.5, 0.6) is 0 Å². The van der Waals surface area contributed by atoms with Gasteiger partial charge in [0, 0.05) is 24.1 Å². The van der Waals surface area contributed by atoms with Gasteiger partial charge in [0.1, 0.15) is 18.2 Å². The van der Waals surface area contributed by atoms with Crippen molar-refractivity contribution in [1.82, 2.24) is 0 Å². The summed E-state index contributed by atoms with van der Waals surface area (Å²) in [6, 6.07) is 12.7. The fraction of sp³-hybridized carbons (Fsp3) is 0.278. The Hall–Kier alpha value is -2.27. The molecule has 2 N–H and O–H groups in total. The predicted molar refractivity (Wildman–Crippen MR) is 84.0 cm³/mol. The Kier molecular flexibility index (Phi) is 4.67. The number of amides is 1. The number of halogens is 2. The van der Waals surface area contributed by atoms with E-state index < -0.39 is 0 Å². The van der Waals surface area contributed by atoms with Crippen LogP contribution >= 0.6 is 0 Å². The smallest absolute Gasteiger partial charge is 0.279 e. The molecule has 2 aromatic rings. The number of hydrogen-bond acceptors (Lipinski definition) is 1. The van der Waals surface area contributed by atoms with E-state index in [9.17, 15) is 13.6 Å². The van der Waals surface area contributed by atoms with E-state index in [1.165, 1.54) is 24.3 Å². The molecule has 3 rings (SSSR count). The first-order chi connectivity index (χ1) is 11.1. The summed E-state index contributed by atoms with van der Waals surface area (Å²) in [6.45, 7) is 1.00. The quantitative estimate of drug-likeness (QED) is 0.841. The molecule has 0 bridgehead atoms. The average molecular weight is 317 g/mol. The van der Waals surface area contributed by atoms with Crippen molar-refractivity contribution in [2.45, 2.75) is 25.4 Å². The Balaban J connectivity index is 1.60. The number of quaternary nitrogens is 1. The maximum atomic E-state index is 13.2. The van der Waals surface area contributed by atoms with Crippen molar-refractivity contribution in [1.29, 1.82) is 0 Å². The molecule has 3 nitrogen and oxygen atoms in total. The van der Waals surface area contributed by atoms with Gasteiger partial charge < -0.3 is 10.2 Å². The van der Waals surface area contributed by atoms with Crippen molar-refractivity contribution >= 4 is 11.6 Å². The Labute approximate surface area is 133 Å². The summed E-state index contributed by atoms with van der Waals surface area (Å²) >= 11 is 0. The number of anilines is 1. The number of hydrogen-bond donors (Lipinski definition) is 2. The normalized spacial score (nSPS) is 15.2. The monoisotopic (exact) mass is 317 g/mol. The molecule has 5 heteroatoms. The first kappa shape index (κ1) is 15.6. The van der Waals surface area contributed by atoms with Crippen LogP contribution in [0.3, 0.4) is 0 Å². The van der Waals surface area contributed by atoms with Crippen molar-refractivity contribution in [3.63, 3.8) is 0 Å². The molecule has 1 amide bonds. The minimum absolute atomic E-state index is 0.139. The van der Waals surface area contributed by atoms with E-state index in [1.807, 2.05) is 0 Å². The zero-order valence-corrected chi connectivity index (χ0v) is 12.7. The van der Waals surface area contributed by atoms with E-state index in [-0.39, 0.29) is 17.5 Å². The van der Waals surface area contributed by atoms with Gasteiger partial charge in [-0.25, -0.2) is 8.78 Å². The molecule has 1 unspecified atom stereocenters. The fourth-order valence-corrected chi connectivity index (χ4v) is 2.68. The predicted octanol–water partition coefficient (Wildman–Crippen LogP) is 2.15. The van der Waals surface area contributed by atoms with Crippen LogP contribution in [0.4, 0.5) is 14.5 Å². The van der Waals surface area contributed by atoms with Crippen molar-refractivity contribution in [3.05, 3.63) is 65.7 Å². The molecule has 1 saturated carbocycles. The van der Waals surface area contributed by atoms with Crippen LogP contribution in [0.25, 0.3) is 0 Å². The van der Waals surface area contributed by atoms with Gasteiger partial charge in [-0.2, -0.15) is 0 Å². The van der Waals surface area contributed by atoms with E-state index >= 15 is 0 Å². The fourth-order valence-electron chi connectivity index (χ4n) is 2.68. The summed E-state index contributed by atoms with van der Waals surface area (Å²) in [5, 5.41) is 2.73. The molecule has 2 aromatic carbocycles. The topological polar surface area (TPSA) is 33.5 Å².